The molecule has 0 saturated carbocycles. The number of nitrogens with one attached hydrogen (secondary N) is 1. The smallest absolute Gasteiger partial charge is 0.341 e. The molecule has 0 spiro atoms. The van der Waals surface area contributed by atoms with Crippen LogP contribution >= 0.6 is 11.3 Å². The highest BCUT2D eigenvalue weighted by atomic mass is 32.2. The van der Waals surface area contributed by atoms with Crippen molar-refractivity contribution in [1.29, 1.82) is 0 Å². The number of sulfone groups is 1. The highest BCUT2D eigenvalue weighted by Crippen LogP contribution is 2.37. The van der Waals surface area contributed by atoms with E-state index in [1.807, 2.05) is 29.6 Å². The van der Waals surface area contributed by atoms with Gasteiger partial charge < -0.3 is 10.1 Å². The molecule has 1 aliphatic heterocycles. The maximum Gasteiger partial charge on any atom is 0.341 e. The molecule has 1 aromatic carbocycles. The number of hydrogen-bond donors (Lipinski definition) is 1. The summed E-state index contributed by atoms with van der Waals surface area (Å²) in [7, 11) is -3.03. The molecule has 3 rings (SSSR count). The molecule has 156 valence electrons. The summed E-state index contributed by atoms with van der Waals surface area (Å²) < 4.78 is 28.4. The second-order valence-electron chi connectivity index (χ2n) is 7.15. The first-order valence-electron chi connectivity index (χ1n) is 9.71. The number of carbonyl (C=O) groups excluding carboxylic acids is 2. The zero-order valence-corrected chi connectivity index (χ0v) is 18.2. The average molecular weight is 436 g/mol. The molecule has 1 aromatic heterocycles. The largest absolute Gasteiger partial charge is 0.462 e. The van der Waals surface area contributed by atoms with E-state index < -0.39 is 15.8 Å². The molecule has 1 amide bonds. The standard InChI is InChI=1S/C21H25NO5S2/c1-3-14-5-7-16(8-6-14)17-12-28-20(19(17)21(24)27-4-2)22-18(23)11-15-9-10-29(25,26)13-15/h5-8,12,15H,3-4,9-11,13H2,1-2H3,(H,22,23). The van der Waals surface area contributed by atoms with Gasteiger partial charge in [-0.25, -0.2) is 13.2 Å². The van der Waals surface area contributed by atoms with Crippen molar-refractivity contribution in [2.75, 3.05) is 23.4 Å². The quantitative estimate of drug-likeness (QED) is 0.666. The van der Waals surface area contributed by atoms with Gasteiger partial charge in [0, 0.05) is 17.4 Å². The van der Waals surface area contributed by atoms with E-state index in [1.165, 1.54) is 16.9 Å². The van der Waals surface area contributed by atoms with Gasteiger partial charge in [0.25, 0.3) is 0 Å². The molecule has 1 aliphatic rings. The van der Waals surface area contributed by atoms with Crippen LogP contribution in [0.15, 0.2) is 29.6 Å². The second kappa shape index (κ2) is 9.09. The van der Waals surface area contributed by atoms with Gasteiger partial charge in [-0.05, 0) is 36.8 Å². The molecule has 2 aromatic rings. The third kappa shape index (κ3) is 5.25. The summed E-state index contributed by atoms with van der Waals surface area (Å²) in [5.74, 6) is -0.762. The number of anilines is 1. The first kappa shape index (κ1) is 21.5. The van der Waals surface area contributed by atoms with Crippen LogP contribution in [0.5, 0.6) is 0 Å². The van der Waals surface area contributed by atoms with E-state index in [0.29, 0.717) is 17.0 Å². The maximum absolute atomic E-state index is 12.6. The Balaban J connectivity index is 1.83. The summed E-state index contributed by atoms with van der Waals surface area (Å²) in [4.78, 5) is 25.1. The third-order valence-electron chi connectivity index (χ3n) is 5.00. The summed E-state index contributed by atoms with van der Waals surface area (Å²) in [6, 6.07) is 7.94. The fraction of sp³-hybridized carbons (Fsp3) is 0.429. The first-order valence-corrected chi connectivity index (χ1v) is 12.4. The minimum atomic E-state index is -3.03. The van der Waals surface area contributed by atoms with Crippen molar-refractivity contribution < 1.29 is 22.7 Å². The Labute approximate surface area is 175 Å². The molecule has 0 aliphatic carbocycles. The van der Waals surface area contributed by atoms with E-state index in [9.17, 15) is 18.0 Å². The predicted octanol–water partition coefficient (Wildman–Crippen LogP) is 3.92. The molecule has 0 bridgehead atoms. The van der Waals surface area contributed by atoms with Gasteiger partial charge in [-0.15, -0.1) is 11.3 Å². The van der Waals surface area contributed by atoms with Crippen molar-refractivity contribution in [2.24, 2.45) is 5.92 Å². The lowest BCUT2D eigenvalue weighted by atomic mass is 10.0. The van der Waals surface area contributed by atoms with Gasteiger partial charge in [-0.2, -0.15) is 0 Å². The van der Waals surface area contributed by atoms with Crippen LogP contribution < -0.4 is 5.32 Å². The van der Waals surface area contributed by atoms with E-state index in [0.717, 1.165) is 17.5 Å². The van der Waals surface area contributed by atoms with Crippen LogP contribution in [-0.2, 0) is 25.8 Å². The van der Waals surface area contributed by atoms with Crippen molar-refractivity contribution in [1.82, 2.24) is 0 Å². The number of rotatable bonds is 7. The van der Waals surface area contributed by atoms with Crippen LogP contribution in [0.2, 0.25) is 0 Å². The topological polar surface area (TPSA) is 89.5 Å². The molecule has 1 saturated heterocycles. The first-order chi connectivity index (χ1) is 13.8. The molecule has 2 heterocycles. The van der Waals surface area contributed by atoms with Gasteiger partial charge in [-0.3, -0.25) is 4.79 Å². The summed E-state index contributed by atoms with van der Waals surface area (Å²) in [5, 5.41) is 5.07. The van der Waals surface area contributed by atoms with Crippen molar-refractivity contribution in [2.45, 2.75) is 33.1 Å². The monoisotopic (exact) mass is 435 g/mol. The minimum Gasteiger partial charge on any atom is -0.462 e. The van der Waals surface area contributed by atoms with Crippen LogP contribution in [0.3, 0.4) is 0 Å². The summed E-state index contributed by atoms with van der Waals surface area (Å²) >= 11 is 1.27. The van der Waals surface area contributed by atoms with Gasteiger partial charge >= 0.3 is 5.97 Å². The van der Waals surface area contributed by atoms with Crippen LogP contribution in [0.1, 0.15) is 42.6 Å². The Morgan fingerprint density at radius 1 is 1.21 bits per heavy atom. The fourth-order valence-electron chi connectivity index (χ4n) is 3.46. The number of amides is 1. The lowest BCUT2D eigenvalue weighted by molar-refractivity contribution is -0.116. The van der Waals surface area contributed by atoms with E-state index in [4.69, 9.17) is 4.74 Å². The number of thiophene rings is 1. The predicted molar refractivity (Wildman–Crippen MR) is 115 cm³/mol. The van der Waals surface area contributed by atoms with Gasteiger partial charge in [0.2, 0.25) is 5.91 Å². The number of hydrogen-bond acceptors (Lipinski definition) is 6. The Kier molecular flexibility index (Phi) is 6.74. The van der Waals surface area contributed by atoms with Crippen molar-refractivity contribution >= 4 is 38.1 Å². The SMILES string of the molecule is CCOC(=O)c1c(-c2ccc(CC)cc2)csc1NC(=O)CC1CCS(=O)(=O)C1. The van der Waals surface area contributed by atoms with E-state index in [1.54, 1.807) is 6.92 Å². The van der Waals surface area contributed by atoms with Crippen LogP contribution in [-0.4, -0.2) is 38.4 Å². The molecule has 8 heteroatoms. The van der Waals surface area contributed by atoms with E-state index >= 15 is 0 Å². The highest BCUT2D eigenvalue weighted by Gasteiger charge is 2.30. The molecular formula is C21H25NO5S2. The van der Waals surface area contributed by atoms with Gasteiger partial charge in [0.05, 0.1) is 18.1 Å². The summed E-state index contributed by atoms with van der Waals surface area (Å²) in [6.07, 6.45) is 1.55. The average Bonchev–Trinajstić information content (AvgIpc) is 3.24. The molecule has 0 radical (unpaired) electrons. The van der Waals surface area contributed by atoms with Gasteiger partial charge in [0.15, 0.2) is 9.84 Å². The van der Waals surface area contributed by atoms with E-state index in [-0.39, 0.29) is 36.4 Å². The Bertz CT molecular complexity index is 993. The zero-order valence-electron chi connectivity index (χ0n) is 16.6. The Hall–Kier alpha value is -2.19. The molecule has 6 nitrogen and oxygen atoms in total. The fourth-order valence-corrected chi connectivity index (χ4v) is 6.30. The van der Waals surface area contributed by atoms with Crippen molar-refractivity contribution in [3.8, 4) is 11.1 Å². The zero-order chi connectivity index (χ0) is 21.0. The minimum absolute atomic E-state index is 0.0463. The maximum atomic E-state index is 12.6. The van der Waals surface area contributed by atoms with Crippen molar-refractivity contribution in [3.05, 3.63) is 40.8 Å². The second-order valence-corrected chi connectivity index (χ2v) is 10.3. The van der Waals surface area contributed by atoms with Gasteiger partial charge in [0.1, 0.15) is 10.6 Å². The number of ether oxygens (including phenoxy) is 1. The highest BCUT2D eigenvalue weighted by molar-refractivity contribution is 7.91. The summed E-state index contributed by atoms with van der Waals surface area (Å²) in [5.41, 5.74) is 3.13. The van der Waals surface area contributed by atoms with E-state index in [2.05, 4.69) is 12.2 Å². The third-order valence-corrected chi connectivity index (χ3v) is 7.73. The summed E-state index contributed by atoms with van der Waals surface area (Å²) in [6.45, 7) is 4.04. The normalized spacial score (nSPS) is 17.8. The molecule has 1 unspecified atom stereocenters. The lowest BCUT2D eigenvalue weighted by Gasteiger charge is -2.11. The van der Waals surface area contributed by atoms with Crippen LogP contribution in [0, 0.1) is 5.92 Å². The van der Waals surface area contributed by atoms with Crippen LogP contribution in [0.4, 0.5) is 5.00 Å². The Morgan fingerprint density at radius 2 is 1.93 bits per heavy atom. The van der Waals surface area contributed by atoms with Gasteiger partial charge in [-0.1, -0.05) is 31.2 Å². The Morgan fingerprint density at radius 3 is 2.52 bits per heavy atom. The number of benzene rings is 1. The van der Waals surface area contributed by atoms with Crippen LogP contribution in [0.25, 0.3) is 11.1 Å². The molecular weight excluding hydrogens is 410 g/mol. The molecule has 29 heavy (non-hydrogen) atoms. The number of esters is 1. The van der Waals surface area contributed by atoms with Crippen molar-refractivity contribution in [3.63, 3.8) is 0 Å². The molecule has 1 fully saturated rings. The number of carbonyl (C=O) groups is 2. The lowest BCUT2D eigenvalue weighted by Crippen LogP contribution is -2.18. The number of aryl methyl sites for hydroxylation is 1. The molecule has 1 atom stereocenters. The molecule has 1 N–H and O–H groups in total.